The molecule has 1 aromatic carbocycles. The zero-order valence-corrected chi connectivity index (χ0v) is 10.1. The average molecular weight is 233 g/mol. The normalized spacial score (nSPS) is 10.8. The first-order valence-corrected chi connectivity index (χ1v) is 5.47. The van der Waals surface area contributed by atoms with Gasteiger partial charge in [-0.3, -0.25) is 0 Å². The third kappa shape index (κ3) is 1.73. The lowest BCUT2D eigenvalue weighted by Crippen LogP contribution is -2.27. The molecule has 0 unspecified atom stereocenters. The number of carbonyl (C=O) groups is 1. The van der Waals surface area contributed by atoms with Crippen molar-refractivity contribution in [1.82, 2.24) is 9.66 Å². The third-order valence-corrected chi connectivity index (χ3v) is 2.67. The standard InChI is InChI=1S/C12H15N3O2/c1-4-10-13-9-7-5-6-8(12(16)17)11(9)15(10)14(2)3/h5-7H,4H2,1-3H3,(H,16,17). The molecule has 5 nitrogen and oxygen atoms in total. The van der Waals surface area contributed by atoms with Crippen molar-refractivity contribution in [3.05, 3.63) is 29.6 Å². The SMILES string of the molecule is CCc1nc2cccc(C(=O)O)c2n1N(C)C. The summed E-state index contributed by atoms with van der Waals surface area (Å²) in [5.41, 5.74) is 1.65. The molecule has 0 spiro atoms. The Morgan fingerprint density at radius 2 is 2.18 bits per heavy atom. The molecule has 5 heteroatoms. The molecule has 1 heterocycles. The molecule has 2 aromatic rings. The van der Waals surface area contributed by atoms with Gasteiger partial charge in [0, 0.05) is 20.5 Å². The Labute approximate surface area is 99.3 Å². The molecule has 0 radical (unpaired) electrons. The van der Waals surface area contributed by atoms with Crippen LogP contribution in [-0.2, 0) is 6.42 Å². The molecule has 0 saturated carbocycles. The van der Waals surface area contributed by atoms with Crippen LogP contribution in [0.1, 0.15) is 23.1 Å². The van der Waals surface area contributed by atoms with E-state index in [2.05, 4.69) is 4.98 Å². The van der Waals surface area contributed by atoms with Crippen LogP contribution in [0.25, 0.3) is 11.0 Å². The number of carboxylic acid groups (broad SMARTS) is 1. The highest BCUT2D eigenvalue weighted by molar-refractivity contribution is 6.01. The van der Waals surface area contributed by atoms with Crippen molar-refractivity contribution in [3.63, 3.8) is 0 Å². The average Bonchev–Trinajstić information content (AvgIpc) is 2.66. The first-order chi connectivity index (χ1) is 8.06. The number of benzene rings is 1. The highest BCUT2D eigenvalue weighted by atomic mass is 16.4. The number of hydrogen-bond acceptors (Lipinski definition) is 3. The van der Waals surface area contributed by atoms with Gasteiger partial charge in [-0.2, -0.15) is 0 Å². The first kappa shape index (κ1) is 11.4. The van der Waals surface area contributed by atoms with Gasteiger partial charge in [0.1, 0.15) is 11.3 Å². The van der Waals surface area contributed by atoms with Crippen molar-refractivity contribution < 1.29 is 9.90 Å². The van der Waals surface area contributed by atoms with Gasteiger partial charge in [0.05, 0.1) is 11.1 Å². The van der Waals surface area contributed by atoms with Gasteiger partial charge in [-0.15, -0.1) is 0 Å². The molecule has 0 aliphatic rings. The summed E-state index contributed by atoms with van der Waals surface area (Å²) in [6, 6.07) is 5.16. The Morgan fingerprint density at radius 3 is 2.71 bits per heavy atom. The molecule has 2 rings (SSSR count). The number of para-hydroxylation sites is 1. The van der Waals surface area contributed by atoms with Crippen molar-refractivity contribution in [2.45, 2.75) is 13.3 Å². The Balaban J connectivity index is 2.86. The van der Waals surface area contributed by atoms with Crippen LogP contribution in [0.15, 0.2) is 18.2 Å². The van der Waals surface area contributed by atoms with Crippen molar-refractivity contribution in [1.29, 1.82) is 0 Å². The maximum Gasteiger partial charge on any atom is 0.337 e. The molecule has 0 aliphatic heterocycles. The van der Waals surface area contributed by atoms with Gasteiger partial charge in [-0.1, -0.05) is 13.0 Å². The van der Waals surface area contributed by atoms with Crippen LogP contribution >= 0.6 is 0 Å². The smallest absolute Gasteiger partial charge is 0.337 e. The second kappa shape index (κ2) is 4.08. The van der Waals surface area contributed by atoms with Crippen LogP contribution in [0.3, 0.4) is 0 Å². The summed E-state index contributed by atoms with van der Waals surface area (Å²) in [7, 11) is 3.75. The quantitative estimate of drug-likeness (QED) is 0.872. The number of imidazole rings is 1. The van der Waals surface area contributed by atoms with Gasteiger partial charge in [0.2, 0.25) is 0 Å². The summed E-state index contributed by atoms with van der Waals surface area (Å²) < 4.78 is 1.85. The summed E-state index contributed by atoms with van der Waals surface area (Å²) >= 11 is 0. The molecule has 0 bridgehead atoms. The lowest BCUT2D eigenvalue weighted by atomic mass is 10.2. The van der Waals surface area contributed by atoms with Crippen LogP contribution in [0.4, 0.5) is 0 Å². The Bertz CT molecular complexity index is 572. The molecule has 0 aliphatic carbocycles. The van der Waals surface area contributed by atoms with Gasteiger partial charge in [0.25, 0.3) is 0 Å². The predicted octanol–water partition coefficient (Wildman–Crippen LogP) is 1.49. The van der Waals surface area contributed by atoms with E-state index in [0.717, 1.165) is 17.8 Å². The minimum absolute atomic E-state index is 0.281. The van der Waals surface area contributed by atoms with E-state index in [0.29, 0.717) is 5.52 Å². The molecule has 0 saturated heterocycles. The number of rotatable bonds is 3. The van der Waals surface area contributed by atoms with E-state index in [-0.39, 0.29) is 5.56 Å². The molecule has 17 heavy (non-hydrogen) atoms. The molecule has 90 valence electrons. The number of aryl methyl sites for hydroxylation is 1. The zero-order chi connectivity index (χ0) is 12.6. The van der Waals surface area contributed by atoms with Crippen molar-refractivity contribution in [3.8, 4) is 0 Å². The topological polar surface area (TPSA) is 58.4 Å². The summed E-state index contributed by atoms with van der Waals surface area (Å²) in [6.45, 7) is 2.00. The Morgan fingerprint density at radius 1 is 1.47 bits per heavy atom. The monoisotopic (exact) mass is 233 g/mol. The second-order valence-electron chi connectivity index (χ2n) is 4.02. The molecule has 0 fully saturated rings. The Hall–Kier alpha value is -2.04. The highest BCUT2D eigenvalue weighted by Gasteiger charge is 2.17. The predicted molar refractivity (Wildman–Crippen MR) is 66.1 cm³/mol. The first-order valence-electron chi connectivity index (χ1n) is 5.47. The van der Waals surface area contributed by atoms with Crippen LogP contribution in [0.2, 0.25) is 0 Å². The lowest BCUT2D eigenvalue weighted by Gasteiger charge is -2.18. The number of carboxylic acids is 1. The van der Waals surface area contributed by atoms with E-state index < -0.39 is 5.97 Å². The van der Waals surface area contributed by atoms with E-state index in [1.807, 2.05) is 36.8 Å². The van der Waals surface area contributed by atoms with E-state index in [9.17, 15) is 9.90 Å². The van der Waals surface area contributed by atoms with Crippen LogP contribution in [-0.4, -0.2) is 34.8 Å². The van der Waals surface area contributed by atoms with E-state index in [1.165, 1.54) is 0 Å². The fraction of sp³-hybridized carbons (Fsp3) is 0.333. The fourth-order valence-corrected chi connectivity index (χ4v) is 1.99. The van der Waals surface area contributed by atoms with E-state index >= 15 is 0 Å². The highest BCUT2D eigenvalue weighted by Crippen LogP contribution is 2.20. The van der Waals surface area contributed by atoms with Crippen molar-refractivity contribution in [2.75, 3.05) is 19.1 Å². The van der Waals surface area contributed by atoms with Gasteiger partial charge in [-0.05, 0) is 12.1 Å². The second-order valence-corrected chi connectivity index (χ2v) is 4.02. The lowest BCUT2D eigenvalue weighted by molar-refractivity contribution is 0.0698. The summed E-state index contributed by atoms with van der Waals surface area (Å²) in [6.07, 6.45) is 0.756. The van der Waals surface area contributed by atoms with E-state index in [4.69, 9.17) is 0 Å². The summed E-state index contributed by atoms with van der Waals surface area (Å²) in [5, 5.41) is 11.1. The third-order valence-electron chi connectivity index (χ3n) is 2.67. The van der Waals surface area contributed by atoms with Gasteiger partial charge < -0.3 is 10.1 Å². The molecule has 1 N–H and O–H groups in total. The van der Waals surface area contributed by atoms with Crippen molar-refractivity contribution in [2.24, 2.45) is 0 Å². The van der Waals surface area contributed by atoms with Crippen molar-refractivity contribution >= 4 is 17.0 Å². The van der Waals surface area contributed by atoms with E-state index in [1.54, 1.807) is 12.1 Å². The molecular formula is C12H15N3O2. The number of nitrogens with zero attached hydrogens (tertiary/aromatic N) is 3. The summed E-state index contributed by atoms with van der Waals surface area (Å²) in [5.74, 6) is -0.0695. The maximum absolute atomic E-state index is 11.2. The molecule has 0 atom stereocenters. The number of aromatic nitrogens is 2. The zero-order valence-electron chi connectivity index (χ0n) is 10.1. The summed E-state index contributed by atoms with van der Waals surface area (Å²) in [4.78, 5) is 15.7. The van der Waals surface area contributed by atoms with Crippen LogP contribution in [0, 0.1) is 0 Å². The molecular weight excluding hydrogens is 218 g/mol. The fourth-order valence-electron chi connectivity index (χ4n) is 1.99. The maximum atomic E-state index is 11.2. The largest absolute Gasteiger partial charge is 0.478 e. The number of hydrogen-bond donors (Lipinski definition) is 1. The van der Waals surface area contributed by atoms with Crippen LogP contribution in [0.5, 0.6) is 0 Å². The Kier molecular flexibility index (Phi) is 2.75. The number of aromatic carboxylic acids is 1. The minimum atomic E-state index is -0.929. The molecule has 1 aromatic heterocycles. The van der Waals surface area contributed by atoms with Gasteiger partial charge in [0.15, 0.2) is 0 Å². The molecule has 0 amide bonds. The van der Waals surface area contributed by atoms with Gasteiger partial charge >= 0.3 is 5.97 Å². The number of fused-ring (bicyclic) bond motifs is 1. The van der Waals surface area contributed by atoms with Crippen LogP contribution < -0.4 is 5.01 Å². The minimum Gasteiger partial charge on any atom is -0.478 e. The van der Waals surface area contributed by atoms with Gasteiger partial charge in [-0.25, -0.2) is 14.5 Å².